The number of alkyl halides is 3. The molecule has 4 rings (SSSR count). The van der Waals surface area contributed by atoms with Gasteiger partial charge in [-0.3, -0.25) is 4.90 Å². The predicted molar refractivity (Wildman–Crippen MR) is 97.1 cm³/mol. The van der Waals surface area contributed by atoms with E-state index in [0.717, 1.165) is 59.4 Å². The van der Waals surface area contributed by atoms with E-state index in [1.165, 1.54) is 23.5 Å². The fraction of sp³-hybridized carbons (Fsp3) is 0.316. The molecule has 0 saturated heterocycles. The Bertz CT molecular complexity index is 950. The van der Waals surface area contributed by atoms with E-state index in [1.54, 1.807) is 0 Å². The van der Waals surface area contributed by atoms with Gasteiger partial charge in [-0.25, -0.2) is 15.0 Å². The SMILES string of the molecule is Cc1ncc2c(n1)CCN(Cc1csc(-c3ccc(C(F)(F)F)cc3)n1)C2. The highest BCUT2D eigenvalue weighted by atomic mass is 32.1. The quantitative estimate of drug-likeness (QED) is 0.661. The van der Waals surface area contributed by atoms with Crippen LogP contribution in [-0.2, 0) is 25.7 Å². The molecule has 0 fully saturated rings. The number of hydrogen-bond donors (Lipinski definition) is 0. The summed E-state index contributed by atoms with van der Waals surface area (Å²) >= 11 is 1.45. The Hall–Kier alpha value is -2.32. The van der Waals surface area contributed by atoms with Gasteiger partial charge in [-0.1, -0.05) is 12.1 Å². The van der Waals surface area contributed by atoms with Gasteiger partial charge in [0.05, 0.1) is 11.3 Å². The maximum atomic E-state index is 12.7. The Morgan fingerprint density at radius 3 is 2.67 bits per heavy atom. The Labute approximate surface area is 158 Å². The molecule has 8 heteroatoms. The minimum absolute atomic E-state index is 0.646. The summed E-state index contributed by atoms with van der Waals surface area (Å²) < 4.78 is 38.1. The largest absolute Gasteiger partial charge is 0.416 e. The normalized spacial score (nSPS) is 15.0. The van der Waals surface area contributed by atoms with Gasteiger partial charge in [-0.15, -0.1) is 11.3 Å². The summed E-state index contributed by atoms with van der Waals surface area (Å²) in [6, 6.07) is 5.14. The lowest BCUT2D eigenvalue weighted by molar-refractivity contribution is -0.137. The molecule has 0 radical (unpaired) electrons. The highest BCUT2D eigenvalue weighted by Gasteiger charge is 2.30. The van der Waals surface area contributed by atoms with Crippen LogP contribution in [0.4, 0.5) is 13.2 Å². The zero-order chi connectivity index (χ0) is 19.0. The molecule has 0 aliphatic carbocycles. The maximum absolute atomic E-state index is 12.7. The van der Waals surface area contributed by atoms with Crippen molar-refractivity contribution in [3.63, 3.8) is 0 Å². The van der Waals surface area contributed by atoms with Crippen LogP contribution >= 0.6 is 11.3 Å². The molecule has 140 valence electrons. The molecule has 4 nitrogen and oxygen atoms in total. The summed E-state index contributed by atoms with van der Waals surface area (Å²) in [5, 5.41) is 2.70. The number of thiazole rings is 1. The third-order valence-electron chi connectivity index (χ3n) is 4.53. The molecule has 3 heterocycles. The third kappa shape index (κ3) is 4.01. The number of halogens is 3. The van der Waals surface area contributed by atoms with Crippen LogP contribution in [0.2, 0.25) is 0 Å². The van der Waals surface area contributed by atoms with Crippen molar-refractivity contribution in [2.75, 3.05) is 6.54 Å². The van der Waals surface area contributed by atoms with E-state index in [0.29, 0.717) is 12.1 Å². The zero-order valence-corrected chi connectivity index (χ0v) is 15.4. The molecular weight excluding hydrogens is 373 g/mol. The van der Waals surface area contributed by atoms with Gasteiger partial charge < -0.3 is 0 Å². The minimum Gasteiger partial charge on any atom is -0.293 e. The van der Waals surface area contributed by atoms with Gasteiger partial charge >= 0.3 is 6.18 Å². The maximum Gasteiger partial charge on any atom is 0.416 e. The molecule has 0 amide bonds. The molecule has 3 aromatic rings. The number of aromatic nitrogens is 3. The van der Waals surface area contributed by atoms with Crippen LogP contribution in [0, 0.1) is 6.92 Å². The van der Waals surface area contributed by atoms with E-state index in [9.17, 15) is 13.2 Å². The molecule has 0 atom stereocenters. The fourth-order valence-electron chi connectivity index (χ4n) is 3.15. The van der Waals surface area contributed by atoms with Crippen LogP contribution in [0.25, 0.3) is 10.6 Å². The molecule has 1 aliphatic heterocycles. The summed E-state index contributed by atoms with van der Waals surface area (Å²) in [4.78, 5) is 15.6. The highest BCUT2D eigenvalue weighted by Crippen LogP contribution is 2.32. The number of benzene rings is 1. The number of fused-ring (bicyclic) bond motifs is 1. The first kappa shape index (κ1) is 18.1. The van der Waals surface area contributed by atoms with E-state index >= 15 is 0 Å². The average molecular weight is 390 g/mol. The predicted octanol–water partition coefficient (Wildman–Crippen LogP) is 4.49. The number of rotatable bonds is 3. The Kier molecular flexibility index (Phi) is 4.69. The van der Waals surface area contributed by atoms with Crippen LogP contribution in [0.3, 0.4) is 0 Å². The molecule has 27 heavy (non-hydrogen) atoms. The Morgan fingerprint density at radius 1 is 1.15 bits per heavy atom. The molecule has 0 bridgehead atoms. The second-order valence-electron chi connectivity index (χ2n) is 6.57. The molecule has 0 N–H and O–H groups in total. The molecule has 1 aromatic carbocycles. The van der Waals surface area contributed by atoms with Crippen LogP contribution < -0.4 is 0 Å². The third-order valence-corrected chi connectivity index (χ3v) is 5.47. The van der Waals surface area contributed by atoms with Crippen molar-refractivity contribution >= 4 is 11.3 Å². The minimum atomic E-state index is -4.32. The van der Waals surface area contributed by atoms with Gasteiger partial charge in [0.15, 0.2) is 0 Å². The number of nitrogens with zero attached hydrogens (tertiary/aromatic N) is 4. The fourth-order valence-corrected chi connectivity index (χ4v) is 3.97. The van der Waals surface area contributed by atoms with Gasteiger partial charge in [-0.2, -0.15) is 13.2 Å². The van der Waals surface area contributed by atoms with Crippen LogP contribution in [0.15, 0.2) is 35.8 Å². The molecule has 1 aliphatic rings. The van der Waals surface area contributed by atoms with Crippen molar-refractivity contribution in [1.29, 1.82) is 0 Å². The van der Waals surface area contributed by atoms with Gasteiger partial charge in [0.25, 0.3) is 0 Å². The van der Waals surface area contributed by atoms with Crippen molar-refractivity contribution < 1.29 is 13.2 Å². The number of hydrogen-bond acceptors (Lipinski definition) is 5. The lowest BCUT2D eigenvalue weighted by Crippen LogP contribution is -2.31. The first-order valence-corrected chi connectivity index (χ1v) is 9.42. The van der Waals surface area contributed by atoms with Crippen LogP contribution in [0.5, 0.6) is 0 Å². The van der Waals surface area contributed by atoms with E-state index < -0.39 is 11.7 Å². The summed E-state index contributed by atoms with van der Waals surface area (Å²) in [6.45, 7) is 4.27. The summed E-state index contributed by atoms with van der Waals surface area (Å²) in [5.74, 6) is 0.794. The smallest absolute Gasteiger partial charge is 0.293 e. The monoisotopic (exact) mass is 390 g/mol. The summed E-state index contributed by atoms with van der Waals surface area (Å²) in [7, 11) is 0. The lowest BCUT2D eigenvalue weighted by Gasteiger charge is -2.27. The molecule has 2 aromatic heterocycles. The van der Waals surface area contributed by atoms with Crippen molar-refractivity contribution in [2.24, 2.45) is 0 Å². The first-order valence-electron chi connectivity index (χ1n) is 8.54. The van der Waals surface area contributed by atoms with Crippen molar-refractivity contribution in [3.8, 4) is 10.6 Å². The first-order chi connectivity index (χ1) is 12.9. The summed E-state index contributed by atoms with van der Waals surface area (Å²) in [6.07, 6.45) is -1.55. The van der Waals surface area contributed by atoms with Crippen molar-refractivity contribution in [1.82, 2.24) is 19.9 Å². The molecule has 0 saturated carbocycles. The lowest BCUT2D eigenvalue weighted by atomic mass is 10.1. The molecule has 0 unspecified atom stereocenters. The summed E-state index contributed by atoms with van der Waals surface area (Å²) in [5.41, 5.74) is 3.23. The standard InChI is InChI=1S/C19H17F3N4S/c1-12-23-8-14-9-26(7-6-17(14)24-12)10-16-11-27-18(25-16)13-2-4-15(5-3-13)19(20,21)22/h2-5,8,11H,6-7,9-10H2,1H3. The molecule has 0 spiro atoms. The van der Waals surface area contributed by atoms with Crippen LogP contribution in [-0.4, -0.2) is 26.4 Å². The second kappa shape index (κ2) is 7.01. The van der Waals surface area contributed by atoms with Gasteiger partial charge in [0.2, 0.25) is 0 Å². The van der Waals surface area contributed by atoms with Gasteiger partial charge in [0.1, 0.15) is 10.8 Å². The van der Waals surface area contributed by atoms with Crippen molar-refractivity contribution in [3.05, 3.63) is 64.2 Å². The van der Waals surface area contributed by atoms with Crippen molar-refractivity contribution in [2.45, 2.75) is 32.6 Å². The average Bonchev–Trinajstić information content (AvgIpc) is 3.10. The van der Waals surface area contributed by atoms with Crippen LogP contribution in [0.1, 0.15) is 28.3 Å². The van der Waals surface area contributed by atoms with E-state index in [-0.39, 0.29) is 0 Å². The zero-order valence-electron chi connectivity index (χ0n) is 14.6. The highest BCUT2D eigenvalue weighted by molar-refractivity contribution is 7.13. The second-order valence-corrected chi connectivity index (χ2v) is 7.43. The number of aryl methyl sites for hydroxylation is 1. The van der Waals surface area contributed by atoms with E-state index in [4.69, 9.17) is 0 Å². The van der Waals surface area contributed by atoms with Gasteiger partial charge in [0, 0.05) is 54.5 Å². The Balaban J connectivity index is 1.45. The molecular formula is C19H17F3N4S. The Morgan fingerprint density at radius 2 is 1.93 bits per heavy atom. The van der Waals surface area contributed by atoms with E-state index in [2.05, 4.69) is 19.9 Å². The van der Waals surface area contributed by atoms with E-state index in [1.807, 2.05) is 18.5 Å². The topological polar surface area (TPSA) is 41.9 Å². The van der Waals surface area contributed by atoms with Gasteiger partial charge in [-0.05, 0) is 19.1 Å².